The smallest absolute Gasteiger partial charge is 0.414 e. The maximum Gasteiger partial charge on any atom is 0.414 e. The Hall–Kier alpha value is -3.24. The van der Waals surface area contributed by atoms with E-state index >= 15 is 0 Å². The molecule has 31 heavy (non-hydrogen) atoms. The van der Waals surface area contributed by atoms with Gasteiger partial charge < -0.3 is 25.6 Å². The summed E-state index contributed by atoms with van der Waals surface area (Å²) in [6.07, 6.45) is 0. The highest BCUT2D eigenvalue weighted by atomic mass is 35.5. The van der Waals surface area contributed by atoms with Crippen molar-refractivity contribution in [3.05, 3.63) is 58.1 Å². The first-order chi connectivity index (χ1) is 14.5. The number of methoxy groups -OCH3 is 1. The monoisotopic (exact) mass is 458 g/mol. The topological polar surface area (TPSA) is 125 Å². The molecule has 0 saturated carbocycles. The summed E-state index contributed by atoms with van der Waals surface area (Å²) in [5.41, 5.74) is 1.58. The maximum absolute atomic E-state index is 13.7. The Morgan fingerprint density at radius 2 is 1.74 bits per heavy atom. The minimum atomic E-state index is -1.82. The SMILES string of the molecule is COc1cc(Cl)c(C)cc1NC(=O)CNC(C)c1ccc(F)cc1F.O=C(O)C(=O)O. The number of amides is 1. The number of carbonyl (C=O) groups excluding carboxylic acids is 1. The number of halogens is 3. The molecule has 2 aromatic carbocycles. The number of carboxylic acids is 2. The molecule has 0 fully saturated rings. The second kappa shape index (κ2) is 11.8. The zero-order chi connectivity index (χ0) is 23.7. The number of aryl methyl sites for hydroxylation is 1. The lowest BCUT2D eigenvalue weighted by Crippen LogP contribution is -2.30. The normalized spacial score (nSPS) is 11.0. The number of rotatable bonds is 6. The standard InChI is InChI=1S/C18H19ClF2N2O2.C2H2O4/c1-10-6-16(17(25-3)8-14(10)19)23-18(24)9-22-11(2)13-5-4-12(20)7-15(13)21;3-1(4)2(5)6/h4-8,11,22H,9H2,1-3H3,(H,23,24);(H,3,4)(H,5,6). The molecule has 11 heteroatoms. The van der Waals surface area contributed by atoms with Gasteiger partial charge in [-0.1, -0.05) is 17.7 Å². The number of benzene rings is 2. The van der Waals surface area contributed by atoms with Crippen LogP contribution in [0.4, 0.5) is 14.5 Å². The molecule has 0 aromatic heterocycles. The van der Waals surface area contributed by atoms with Crippen molar-refractivity contribution >= 4 is 35.1 Å². The van der Waals surface area contributed by atoms with E-state index in [0.29, 0.717) is 16.5 Å². The lowest BCUT2D eigenvalue weighted by molar-refractivity contribution is -0.159. The predicted octanol–water partition coefficient (Wildman–Crippen LogP) is 3.38. The van der Waals surface area contributed by atoms with Crippen molar-refractivity contribution in [2.45, 2.75) is 19.9 Å². The molecule has 1 amide bonds. The molecule has 0 aliphatic rings. The van der Waals surface area contributed by atoms with Gasteiger partial charge in [0, 0.05) is 28.8 Å². The lowest BCUT2D eigenvalue weighted by Gasteiger charge is -2.16. The first-order valence-electron chi connectivity index (χ1n) is 8.74. The van der Waals surface area contributed by atoms with Crippen LogP contribution in [0, 0.1) is 18.6 Å². The molecule has 0 spiro atoms. The fourth-order valence-electron chi connectivity index (χ4n) is 2.33. The van der Waals surface area contributed by atoms with Crippen molar-refractivity contribution < 1.29 is 38.1 Å². The second-order valence-corrected chi connectivity index (χ2v) is 6.64. The van der Waals surface area contributed by atoms with Crippen LogP contribution in [0.1, 0.15) is 24.1 Å². The van der Waals surface area contributed by atoms with Crippen molar-refractivity contribution in [1.82, 2.24) is 5.32 Å². The highest BCUT2D eigenvalue weighted by molar-refractivity contribution is 6.31. The Morgan fingerprint density at radius 3 is 2.26 bits per heavy atom. The van der Waals surface area contributed by atoms with E-state index in [1.807, 2.05) is 6.92 Å². The predicted molar refractivity (Wildman–Crippen MR) is 109 cm³/mol. The number of ether oxygens (including phenoxy) is 1. The van der Waals surface area contributed by atoms with E-state index in [-0.39, 0.29) is 18.0 Å². The number of nitrogens with one attached hydrogen (secondary N) is 2. The van der Waals surface area contributed by atoms with E-state index in [2.05, 4.69) is 10.6 Å². The maximum atomic E-state index is 13.7. The van der Waals surface area contributed by atoms with Crippen molar-refractivity contribution in [3.63, 3.8) is 0 Å². The molecule has 0 heterocycles. The first-order valence-corrected chi connectivity index (χ1v) is 9.12. The largest absolute Gasteiger partial charge is 0.495 e. The number of carbonyl (C=O) groups is 3. The van der Waals surface area contributed by atoms with Gasteiger partial charge >= 0.3 is 11.9 Å². The molecule has 0 bridgehead atoms. The number of aliphatic carboxylic acids is 2. The van der Waals surface area contributed by atoms with Crippen LogP contribution in [0.5, 0.6) is 5.75 Å². The zero-order valence-electron chi connectivity index (χ0n) is 16.8. The minimum Gasteiger partial charge on any atom is -0.495 e. The van der Waals surface area contributed by atoms with Crippen molar-refractivity contribution in [2.75, 3.05) is 19.0 Å². The van der Waals surface area contributed by atoms with Gasteiger partial charge in [0.25, 0.3) is 0 Å². The van der Waals surface area contributed by atoms with Crippen molar-refractivity contribution in [3.8, 4) is 5.75 Å². The molecule has 0 aliphatic heterocycles. The molecule has 0 saturated heterocycles. The van der Waals surface area contributed by atoms with Crippen LogP contribution in [0.15, 0.2) is 30.3 Å². The molecule has 1 atom stereocenters. The molecule has 8 nitrogen and oxygen atoms in total. The Kier molecular flexibility index (Phi) is 9.84. The van der Waals surface area contributed by atoms with Gasteiger partial charge in [-0.05, 0) is 31.5 Å². The summed E-state index contributed by atoms with van der Waals surface area (Å²) in [7, 11) is 1.48. The van der Waals surface area contributed by atoms with Crippen LogP contribution in [0.2, 0.25) is 5.02 Å². The summed E-state index contributed by atoms with van der Waals surface area (Å²) in [6.45, 7) is 3.45. The second-order valence-electron chi connectivity index (χ2n) is 6.23. The molecular formula is C20H21ClF2N2O6. The van der Waals surface area contributed by atoms with Crippen LogP contribution in [-0.4, -0.2) is 41.7 Å². The first kappa shape index (κ1) is 25.8. The van der Waals surface area contributed by atoms with Crippen LogP contribution < -0.4 is 15.4 Å². The fraction of sp³-hybridized carbons (Fsp3) is 0.250. The quantitative estimate of drug-likeness (QED) is 0.489. The molecule has 0 aliphatic carbocycles. The van der Waals surface area contributed by atoms with Gasteiger partial charge in [0.15, 0.2) is 0 Å². The van der Waals surface area contributed by atoms with E-state index < -0.39 is 29.6 Å². The van der Waals surface area contributed by atoms with Crippen molar-refractivity contribution in [2.24, 2.45) is 0 Å². The van der Waals surface area contributed by atoms with E-state index in [1.54, 1.807) is 19.1 Å². The number of hydrogen-bond acceptors (Lipinski definition) is 5. The molecule has 0 radical (unpaired) electrons. The van der Waals surface area contributed by atoms with Gasteiger partial charge in [-0.15, -0.1) is 0 Å². The summed E-state index contributed by atoms with van der Waals surface area (Å²) >= 11 is 6.03. The van der Waals surface area contributed by atoms with Crippen LogP contribution in [0.25, 0.3) is 0 Å². The summed E-state index contributed by atoms with van der Waals surface area (Å²) in [4.78, 5) is 30.3. The van der Waals surface area contributed by atoms with Gasteiger partial charge in [0.2, 0.25) is 5.91 Å². The molecular weight excluding hydrogens is 438 g/mol. The number of carboxylic acid groups (broad SMARTS) is 2. The van der Waals surface area contributed by atoms with Gasteiger partial charge in [0.05, 0.1) is 19.3 Å². The lowest BCUT2D eigenvalue weighted by atomic mass is 10.1. The highest BCUT2D eigenvalue weighted by Gasteiger charge is 2.14. The Labute approximate surface area is 181 Å². The fourth-order valence-corrected chi connectivity index (χ4v) is 2.49. The van der Waals surface area contributed by atoms with Gasteiger partial charge in [-0.2, -0.15) is 0 Å². The van der Waals surface area contributed by atoms with E-state index in [9.17, 15) is 13.6 Å². The Bertz CT molecular complexity index is 959. The third kappa shape index (κ3) is 8.19. The highest BCUT2D eigenvalue weighted by Crippen LogP contribution is 2.30. The third-order valence-electron chi connectivity index (χ3n) is 3.94. The van der Waals surface area contributed by atoms with Crippen LogP contribution in [0.3, 0.4) is 0 Å². The van der Waals surface area contributed by atoms with E-state index in [0.717, 1.165) is 11.6 Å². The minimum absolute atomic E-state index is 0.0528. The summed E-state index contributed by atoms with van der Waals surface area (Å²) in [5.74, 6) is -4.83. The Morgan fingerprint density at radius 1 is 1.13 bits per heavy atom. The molecule has 2 aromatic rings. The van der Waals surface area contributed by atoms with Gasteiger partial charge in [0.1, 0.15) is 17.4 Å². The van der Waals surface area contributed by atoms with E-state index in [1.165, 1.54) is 19.2 Å². The van der Waals surface area contributed by atoms with Crippen LogP contribution in [-0.2, 0) is 14.4 Å². The molecule has 1 unspecified atom stereocenters. The molecule has 168 valence electrons. The zero-order valence-corrected chi connectivity index (χ0v) is 17.6. The number of anilines is 1. The average molecular weight is 459 g/mol. The van der Waals surface area contributed by atoms with Crippen molar-refractivity contribution in [1.29, 1.82) is 0 Å². The third-order valence-corrected chi connectivity index (χ3v) is 4.34. The number of hydrogen-bond donors (Lipinski definition) is 4. The molecule has 2 rings (SSSR count). The van der Waals surface area contributed by atoms with Gasteiger partial charge in [-0.3, -0.25) is 4.79 Å². The summed E-state index contributed by atoms with van der Waals surface area (Å²) in [5, 5.41) is 20.9. The summed E-state index contributed by atoms with van der Waals surface area (Å²) in [6, 6.07) is 6.22. The van der Waals surface area contributed by atoms with Gasteiger partial charge in [-0.25, -0.2) is 18.4 Å². The van der Waals surface area contributed by atoms with E-state index in [4.69, 9.17) is 36.1 Å². The average Bonchev–Trinajstić information content (AvgIpc) is 2.69. The molecule has 4 N–H and O–H groups in total. The van der Waals surface area contributed by atoms with Crippen LogP contribution >= 0.6 is 11.6 Å². The Balaban J connectivity index is 0.000000703. The summed E-state index contributed by atoms with van der Waals surface area (Å²) < 4.78 is 31.9.